The van der Waals surface area contributed by atoms with Gasteiger partial charge in [-0.05, 0) is 61.2 Å². The van der Waals surface area contributed by atoms with E-state index in [-0.39, 0.29) is 5.56 Å². The minimum absolute atomic E-state index is 0.129. The first kappa shape index (κ1) is 18.6. The molecule has 4 rings (SSSR count). The van der Waals surface area contributed by atoms with Crippen molar-refractivity contribution in [3.63, 3.8) is 0 Å². The summed E-state index contributed by atoms with van der Waals surface area (Å²) in [7, 11) is 0. The minimum atomic E-state index is -0.129. The average Bonchev–Trinajstić information content (AvgIpc) is 3.42. The summed E-state index contributed by atoms with van der Waals surface area (Å²) >= 11 is 3.01. The van der Waals surface area contributed by atoms with Crippen LogP contribution in [0.15, 0.2) is 46.6 Å². The Kier molecular flexibility index (Phi) is 5.36. The van der Waals surface area contributed by atoms with E-state index in [1.807, 2.05) is 47.9 Å². The minimum Gasteiger partial charge on any atom is -0.372 e. The number of aromatic nitrogens is 3. The van der Waals surface area contributed by atoms with Crippen LogP contribution in [0.1, 0.15) is 30.1 Å². The van der Waals surface area contributed by atoms with Crippen LogP contribution in [0, 0.1) is 0 Å². The molecule has 0 atom stereocenters. The highest BCUT2D eigenvalue weighted by Crippen LogP contribution is 2.16. The number of hydrogen-bond acceptors (Lipinski definition) is 6. The second-order valence-electron chi connectivity index (χ2n) is 6.19. The van der Waals surface area contributed by atoms with Gasteiger partial charge in [-0.1, -0.05) is 29.5 Å². The van der Waals surface area contributed by atoms with E-state index in [2.05, 4.69) is 41.0 Å². The number of benzene rings is 1. The zero-order valence-corrected chi connectivity index (χ0v) is 17.3. The van der Waals surface area contributed by atoms with Crippen molar-refractivity contribution >= 4 is 51.5 Å². The van der Waals surface area contributed by atoms with Crippen LogP contribution in [-0.2, 0) is 0 Å². The number of thiophene rings is 1. The van der Waals surface area contributed by atoms with Crippen LogP contribution in [0.3, 0.4) is 0 Å². The van der Waals surface area contributed by atoms with Gasteiger partial charge in [0.05, 0.1) is 4.53 Å². The topological polar surface area (TPSA) is 50.5 Å². The molecular formula is C21H20N4OS2. The van der Waals surface area contributed by atoms with E-state index in [9.17, 15) is 4.79 Å². The van der Waals surface area contributed by atoms with Gasteiger partial charge < -0.3 is 4.90 Å². The van der Waals surface area contributed by atoms with Crippen LogP contribution in [0.4, 0.5) is 5.69 Å². The third kappa shape index (κ3) is 3.76. The molecule has 0 fully saturated rings. The maximum absolute atomic E-state index is 12.7. The first-order valence-corrected chi connectivity index (χ1v) is 10.9. The fourth-order valence-corrected chi connectivity index (χ4v) is 4.52. The highest BCUT2D eigenvalue weighted by atomic mass is 32.1. The smallest absolute Gasteiger partial charge is 0.291 e. The molecule has 3 heterocycles. The molecule has 0 bridgehead atoms. The molecule has 0 unspecified atom stereocenters. The van der Waals surface area contributed by atoms with E-state index in [1.54, 1.807) is 11.3 Å². The van der Waals surface area contributed by atoms with Gasteiger partial charge in [0.15, 0.2) is 5.82 Å². The van der Waals surface area contributed by atoms with E-state index >= 15 is 0 Å². The second kappa shape index (κ2) is 8.08. The lowest BCUT2D eigenvalue weighted by Crippen LogP contribution is -2.23. The summed E-state index contributed by atoms with van der Waals surface area (Å²) in [6.45, 7) is 6.24. The van der Waals surface area contributed by atoms with Crippen LogP contribution in [0.2, 0.25) is 0 Å². The Hall–Kier alpha value is -2.77. The molecule has 1 aromatic carbocycles. The molecular weight excluding hydrogens is 388 g/mol. The van der Waals surface area contributed by atoms with Gasteiger partial charge in [0, 0.05) is 23.7 Å². The van der Waals surface area contributed by atoms with Gasteiger partial charge in [-0.25, -0.2) is 0 Å². The lowest BCUT2D eigenvalue weighted by Gasteiger charge is -2.20. The van der Waals surface area contributed by atoms with Gasteiger partial charge in [0.2, 0.25) is 4.96 Å². The Morgan fingerprint density at radius 2 is 1.89 bits per heavy atom. The quantitative estimate of drug-likeness (QED) is 0.487. The number of fused-ring (bicyclic) bond motifs is 1. The Labute approximate surface area is 170 Å². The molecule has 0 saturated heterocycles. The van der Waals surface area contributed by atoms with Crippen molar-refractivity contribution in [2.75, 3.05) is 18.0 Å². The van der Waals surface area contributed by atoms with Crippen LogP contribution >= 0.6 is 22.7 Å². The molecule has 5 nitrogen and oxygen atoms in total. The van der Waals surface area contributed by atoms with E-state index in [0.717, 1.165) is 23.5 Å². The zero-order valence-electron chi connectivity index (χ0n) is 15.7. The van der Waals surface area contributed by atoms with Crippen molar-refractivity contribution in [2.24, 2.45) is 0 Å². The lowest BCUT2D eigenvalue weighted by molar-refractivity contribution is 0.866. The Bertz CT molecular complexity index is 1200. The molecule has 3 aromatic heterocycles. The van der Waals surface area contributed by atoms with Gasteiger partial charge in [0.25, 0.3) is 5.56 Å². The van der Waals surface area contributed by atoms with Crippen molar-refractivity contribution < 1.29 is 0 Å². The SMILES string of the molecule is CCN(CC)c1ccc(/C=c2\sc3nc(/C=C/c4cccs4)nn3c2=O)cc1. The van der Waals surface area contributed by atoms with Crippen LogP contribution in [0.25, 0.3) is 23.2 Å². The Morgan fingerprint density at radius 1 is 1.11 bits per heavy atom. The summed E-state index contributed by atoms with van der Waals surface area (Å²) < 4.78 is 2.02. The number of nitrogens with zero attached hydrogens (tertiary/aromatic N) is 4. The number of anilines is 1. The highest BCUT2D eigenvalue weighted by Gasteiger charge is 2.09. The van der Waals surface area contributed by atoms with Crippen LogP contribution in [0.5, 0.6) is 0 Å². The number of thiazole rings is 1. The standard InChI is InChI=1S/C21H20N4OS2/c1-3-24(4-2)16-9-7-15(8-10-16)14-18-20(26)25-21(28-18)22-19(23-25)12-11-17-6-5-13-27-17/h5-14H,3-4H2,1-2H3/b12-11+,18-14-. The molecule has 142 valence electrons. The summed E-state index contributed by atoms with van der Waals surface area (Å²) in [5, 5.41) is 6.35. The molecule has 0 aliphatic heterocycles. The Balaban J connectivity index is 1.61. The number of hydrogen-bond donors (Lipinski definition) is 0. The van der Waals surface area contributed by atoms with E-state index in [0.29, 0.717) is 15.3 Å². The normalized spacial score (nSPS) is 12.4. The zero-order chi connectivity index (χ0) is 19.5. The van der Waals surface area contributed by atoms with Gasteiger partial charge in [-0.15, -0.1) is 16.4 Å². The van der Waals surface area contributed by atoms with Crippen LogP contribution < -0.4 is 15.0 Å². The summed E-state index contributed by atoms with van der Waals surface area (Å²) in [5.41, 5.74) is 2.06. The number of rotatable bonds is 6. The van der Waals surface area contributed by atoms with Crippen molar-refractivity contribution in [1.82, 2.24) is 14.6 Å². The summed E-state index contributed by atoms with van der Waals surface area (Å²) in [6, 6.07) is 12.3. The molecule has 0 spiro atoms. The third-order valence-corrected chi connectivity index (χ3v) is 6.25. The summed E-state index contributed by atoms with van der Waals surface area (Å²) in [4.78, 5) is 21.1. The molecule has 0 aliphatic carbocycles. The van der Waals surface area contributed by atoms with Crippen molar-refractivity contribution in [1.29, 1.82) is 0 Å². The maximum Gasteiger partial charge on any atom is 0.291 e. The highest BCUT2D eigenvalue weighted by molar-refractivity contribution is 7.15. The summed E-state index contributed by atoms with van der Waals surface area (Å²) in [6.07, 6.45) is 5.69. The van der Waals surface area contributed by atoms with Crippen LogP contribution in [-0.4, -0.2) is 27.7 Å². The maximum atomic E-state index is 12.7. The average molecular weight is 409 g/mol. The first-order chi connectivity index (χ1) is 13.7. The fourth-order valence-electron chi connectivity index (χ4n) is 2.98. The van der Waals surface area contributed by atoms with Gasteiger partial charge >= 0.3 is 0 Å². The molecule has 4 aromatic rings. The Morgan fingerprint density at radius 3 is 2.54 bits per heavy atom. The predicted molar refractivity (Wildman–Crippen MR) is 119 cm³/mol. The predicted octanol–water partition coefficient (Wildman–Crippen LogP) is 3.78. The molecule has 28 heavy (non-hydrogen) atoms. The molecule has 0 aliphatic rings. The molecule has 0 radical (unpaired) electrons. The summed E-state index contributed by atoms with van der Waals surface area (Å²) in [5.74, 6) is 0.548. The van der Waals surface area contributed by atoms with Gasteiger partial charge in [-0.3, -0.25) is 4.79 Å². The largest absolute Gasteiger partial charge is 0.372 e. The van der Waals surface area contributed by atoms with Crippen molar-refractivity contribution in [3.8, 4) is 0 Å². The monoisotopic (exact) mass is 408 g/mol. The van der Waals surface area contributed by atoms with E-state index < -0.39 is 0 Å². The lowest BCUT2D eigenvalue weighted by atomic mass is 10.2. The van der Waals surface area contributed by atoms with Gasteiger partial charge in [0.1, 0.15) is 0 Å². The molecule has 0 N–H and O–H groups in total. The van der Waals surface area contributed by atoms with Crippen molar-refractivity contribution in [2.45, 2.75) is 13.8 Å². The van der Waals surface area contributed by atoms with E-state index in [1.165, 1.54) is 21.5 Å². The first-order valence-electron chi connectivity index (χ1n) is 9.16. The van der Waals surface area contributed by atoms with Gasteiger partial charge in [-0.2, -0.15) is 9.50 Å². The van der Waals surface area contributed by atoms with Crippen molar-refractivity contribution in [3.05, 3.63) is 72.9 Å². The third-order valence-electron chi connectivity index (χ3n) is 4.46. The van der Waals surface area contributed by atoms with E-state index in [4.69, 9.17) is 0 Å². The molecule has 7 heteroatoms. The second-order valence-corrected chi connectivity index (χ2v) is 8.18. The molecule has 0 saturated carbocycles. The fraction of sp³-hybridized carbons (Fsp3) is 0.190. The molecule has 0 amide bonds.